The molecule has 0 aliphatic rings. The van der Waals surface area contributed by atoms with Gasteiger partial charge in [0.15, 0.2) is 0 Å². The molecular weight excluding hydrogens is 238 g/mol. The number of esters is 1. The second-order valence-corrected chi connectivity index (χ2v) is 4.81. The SMILES string of the molecule is CCCC(NCC(C)c1ccccc1)C(=O)OCC. The molecule has 0 aliphatic heterocycles. The van der Waals surface area contributed by atoms with E-state index in [-0.39, 0.29) is 12.0 Å². The maximum atomic E-state index is 11.8. The van der Waals surface area contributed by atoms with Crippen LogP contribution < -0.4 is 5.32 Å². The lowest BCUT2D eigenvalue weighted by molar-refractivity contribution is -0.145. The predicted molar refractivity (Wildman–Crippen MR) is 78.2 cm³/mol. The first-order valence-electron chi connectivity index (χ1n) is 7.14. The molecule has 0 saturated heterocycles. The number of ether oxygens (including phenoxy) is 1. The normalized spacial score (nSPS) is 13.8. The van der Waals surface area contributed by atoms with Gasteiger partial charge < -0.3 is 10.1 Å². The zero-order chi connectivity index (χ0) is 14.1. The van der Waals surface area contributed by atoms with Crippen molar-refractivity contribution in [2.75, 3.05) is 13.2 Å². The molecule has 2 unspecified atom stereocenters. The summed E-state index contributed by atoms with van der Waals surface area (Å²) in [5.41, 5.74) is 1.29. The van der Waals surface area contributed by atoms with E-state index in [1.807, 2.05) is 25.1 Å². The summed E-state index contributed by atoms with van der Waals surface area (Å²) in [5, 5.41) is 3.33. The summed E-state index contributed by atoms with van der Waals surface area (Å²) in [6.45, 7) is 7.31. The average molecular weight is 263 g/mol. The smallest absolute Gasteiger partial charge is 0.323 e. The van der Waals surface area contributed by atoms with Crippen molar-refractivity contribution in [1.29, 1.82) is 0 Å². The molecule has 0 amide bonds. The van der Waals surface area contributed by atoms with Crippen molar-refractivity contribution in [3.63, 3.8) is 0 Å². The highest BCUT2D eigenvalue weighted by Gasteiger charge is 2.19. The van der Waals surface area contributed by atoms with Crippen molar-refractivity contribution in [1.82, 2.24) is 5.32 Å². The Kier molecular flexibility index (Phi) is 7.19. The second kappa shape index (κ2) is 8.70. The standard InChI is InChI=1S/C16H25NO2/c1-4-9-15(16(18)19-5-2)17-12-13(3)14-10-7-6-8-11-14/h6-8,10-11,13,15,17H,4-5,9,12H2,1-3H3. The molecule has 0 radical (unpaired) electrons. The van der Waals surface area contributed by atoms with E-state index in [4.69, 9.17) is 4.74 Å². The van der Waals surface area contributed by atoms with Gasteiger partial charge in [-0.15, -0.1) is 0 Å². The van der Waals surface area contributed by atoms with Gasteiger partial charge in [0, 0.05) is 6.54 Å². The first-order valence-corrected chi connectivity index (χ1v) is 7.14. The van der Waals surface area contributed by atoms with Crippen LogP contribution in [0.2, 0.25) is 0 Å². The highest BCUT2D eigenvalue weighted by Crippen LogP contribution is 2.13. The minimum Gasteiger partial charge on any atom is -0.465 e. The molecule has 1 aromatic rings. The van der Waals surface area contributed by atoms with Gasteiger partial charge >= 0.3 is 5.97 Å². The van der Waals surface area contributed by atoms with E-state index in [9.17, 15) is 4.79 Å². The van der Waals surface area contributed by atoms with Crippen molar-refractivity contribution < 1.29 is 9.53 Å². The lowest BCUT2D eigenvalue weighted by atomic mass is 10.0. The van der Waals surface area contributed by atoms with Crippen molar-refractivity contribution in [3.05, 3.63) is 35.9 Å². The van der Waals surface area contributed by atoms with Gasteiger partial charge in [-0.2, -0.15) is 0 Å². The van der Waals surface area contributed by atoms with Gasteiger partial charge in [-0.3, -0.25) is 4.79 Å². The van der Waals surface area contributed by atoms with E-state index in [1.54, 1.807) is 0 Å². The van der Waals surface area contributed by atoms with Gasteiger partial charge in [0.05, 0.1) is 6.61 Å². The van der Waals surface area contributed by atoms with Gasteiger partial charge in [0.2, 0.25) is 0 Å². The fourth-order valence-electron chi connectivity index (χ4n) is 2.05. The van der Waals surface area contributed by atoms with Crippen LogP contribution in [0.15, 0.2) is 30.3 Å². The topological polar surface area (TPSA) is 38.3 Å². The Morgan fingerprint density at radius 2 is 1.95 bits per heavy atom. The van der Waals surface area contributed by atoms with E-state index < -0.39 is 0 Å². The fraction of sp³-hybridized carbons (Fsp3) is 0.562. The van der Waals surface area contributed by atoms with Crippen LogP contribution >= 0.6 is 0 Å². The molecule has 19 heavy (non-hydrogen) atoms. The van der Waals surface area contributed by atoms with Crippen LogP contribution in [0.4, 0.5) is 0 Å². The van der Waals surface area contributed by atoms with Gasteiger partial charge in [0.25, 0.3) is 0 Å². The van der Waals surface area contributed by atoms with Crippen LogP contribution in [0.25, 0.3) is 0 Å². The number of benzene rings is 1. The van der Waals surface area contributed by atoms with Crippen molar-refractivity contribution in [2.45, 2.75) is 45.6 Å². The van der Waals surface area contributed by atoms with E-state index >= 15 is 0 Å². The zero-order valence-electron chi connectivity index (χ0n) is 12.2. The lowest BCUT2D eigenvalue weighted by Gasteiger charge is -2.19. The van der Waals surface area contributed by atoms with Crippen LogP contribution in [0.1, 0.15) is 45.1 Å². The molecule has 2 atom stereocenters. The fourth-order valence-corrected chi connectivity index (χ4v) is 2.05. The molecule has 3 nitrogen and oxygen atoms in total. The molecule has 0 heterocycles. The maximum absolute atomic E-state index is 11.8. The minimum atomic E-state index is -0.184. The Morgan fingerprint density at radius 3 is 2.53 bits per heavy atom. The summed E-state index contributed by atoms with van der Waals surface area (Å²) in [6.07, 6.45) is 1.79. The molecule has 0 aliphatic carbocycles. The molecule has 0 aromatic heterocycles. The molecule has 1 aromatic carbocycles. The Morgan fingerprint density at radius 1 is 1.26 bits per heavy atom. The van der Waals surface area contributed by atoms with E-state index in [2.05, 4.69) is 31.3 Å². The van der Waals surface area contributed by atoms with Crippen LogP contribution in [0.5, 0.6) is 0 Å². The molecule has 0 bridgehead atoms. The Hall–Kier alpha value is -1.35. The van der Waals surface area contributed by atoms with E-state index in [0.29, 0.717) is 12.5 Å². The van der Waals surface area contributed by atoms with E-state index in [0.717, 1.165) is 19.4 Å². The summed E-state index contributed by atoms with van der Waals surface area (Å²) in [5.74, 6) is 0.250. The van der Waals surface area contributed by atoms with E-state index in [1.165, 1.54) is 5.56 Å². The molecule has 0 fully saturated rings. The summed E-state index contributed by atoms with van der Waals surface area (Å²) >= 11 is 0. The number of carbonyl (C=O) groups is 1. The minimum absolute atomic E-state index is 0.135. The largest absolute Gasteiger partial charge is 0.465 e. The third-order valence-corrected chi connectivity index (χ3v) is 3.19. The van der Waals surface area contributed by atoms with Crippen molar-refractivity contribution in [3.8, 4) is 0 Å². The molecule has 1 N–H and O–H groups in total. The second-order valence-electron chi connectivity index (χ2n) is 4.81. The van der Waals surface area contributed by atoms with Crippen LogP contribution in [0, 0.1) is 0 Å². The summed E-state index contributed by atoms with van der Waals surface area (Å²) in [6, 6.07) is 10.1. The van der Waals surface area contributed by atoms with Gasteiger partial charge in [-0.1, -0.05) is 50.6 Å². The average Bonchev–Trinajstić information content (AvgIpc) is 2.44. The van der Waals surface area contributed by atoms with Crippen molar-refractivity contribution >= 4 is 5.97 Å². The lowest BCUT2D eigenvalue weighted by Crippen LogP contribution is -2.39. The van der Waals surface area contributed by atoms with Crippen LogP contribution in [0.3, 0.4) is 0 Å². The Balaban J connectivity index is 2.49. The van der Waals surface area contributed by atoms with Crippen molar-refractivity contribution in [2.24, 2.45) is 0 Å². The van der Waals surface area contributed by atoms with Crippen LogP contribution in [-0.4, -0.2) is 25.2 Å². The number of hydrogen-bond donors (Lipinski definition) is 1. The Labute approximate surface area is 116 Å². The third-order valence-electron chi connectivity index (χ3n) is 3.19. The first kappa shape index (κ1) is 15.7. The van der Waals surface area contributed by atoms with Gasteiger partial charge in [0.1, 0.15) is 6.04 Å². The number of carbonyl (C=O) groups excluding carboxylic acids is 1. The molecule has 0 saturated carbocycles. The quantitative estimate of drug-likeness (QED) is 0.732. The highest BCUT2D eigenvalue weighted by atomic mass is 16.5. The monoisotopic (exact) mass is 263 g/mol. The zero-order valence-corrected chi connectivity index (χ0v) is 12.2. The van der Waals surface area contributed by atoms with Crippen LogP contribution in [-0.2, 0) is 9.53 Å². The molecule has 3 heteroatoms. The highest BCUT2D eigenvalue weighted by molar-refractivity contribution is 5.75. The molecular formula is C16H25NO2. The first-order chi connectivity index (χ1) is 9.19. The van der Waals surface area contributed by atoms with Gasteiger partial charge in [-0.25, -0.2) is 0 Å². The molecule has 106 valence electrons. The number of rotatable bonds is 8. The van der Waals surface area contributed by atoms with Gasteiger partial charge in [-0.05, 0) is 24.8 Å². The summed E-state index contributed by atoms with van der Waals surface area (Å²) in [7, 11) is 0. The number of hydrogen-bond acceptors (Lipinski definition) is 3. The summed E-state index contributed by atoms with van der Waals surface area (Å²) < 4.78 is 5.09. The molecule has 1 rings (SSSR count). The maximum Gasteiger partial charge on any atom is 0.323 e. The Bertz CT molecular complexity index is 364. The predicted octanol–water partition coefficient (Wildman–Crippen LogP) is 3.11. The molecule has 0 spiro atoms. The summed E-state index contributed by atoms with van der Waals surface area (Å²) in [4.78, 5) is 11.8. The number of nitrogens with one attached hydrogen (secondary N) is 1. The third kappa shape index (κ3) is 5.43.